The summed E-state index contributed by atoms with van der Waals surface area (Å²) in [6.07, 6.45) is 15.5. The first-order valence-corrected chi connectivity index (χ1v) is 21.7. The lowest BCUT2D eigenvalue weighted by molar-refractivity contribution is -0.129. The van der Waals surface area contributed by atoms with Crippen LogP contribution in [-0.4, -0.2) is 29.7 Å². The van der Waals surface area contributed by atoms with E-state index in [2.05, 4.69) is 45.3 Å². The summed E-state index contributed by atoms with van der Waals surface area (Å²) >= 11 is 0. The van der Waals surface area contributed by atoms with E-state index < -0.39 is 17.7 Å². The monoisotopic (exact) mass is 741 g/mol. The van der Waals surface area contributed by atoms with E-state index in [1.165, 1.54) is 64.2 Å². The van der Waals surface area contributed by atoms with Crippen molar-refractivity contribution in [2.75, 3.05) is 0 Å². The molecule has 298 valence electrons. The van der Waals surface area contributed by atoms with Gasteiger partial charge < -0.3 is 20.1 Å². The third-order valence-electron chi connectivity index (χ3n) is 14.8. The molecule has 54 heavy (non-hydrogen) atoms. The number of ether oxygens (including phenoxy) is 2. The fourth-order valence-electron chi connectivity index (χ4n) is 12.1. The molecule has 0 aromatic heterocycles. The Balaban J connectivity index is 1.07. The summed E-state index contributed by atoms with van der Waals surface area (Å²) < 4.78 is 11.6. The first-order chi connectivity index (χ1) is 25.6. The molecule has 4 aliphatic carbocycles. The molecule has 6 nitrogen and oxygen atoms in total. The molecule has 4 saturated carbocycles. The lowest BCUT2D eigenvalue weighted by Gasteiger charge is -2.61. The zero-order valence-corrected chi connectivity index (χ0v) is 34.9. The van der Waals surface area contributed by atoms with Gasteiger partial charge in [-0.1, -0.05) is 96.3 Å². The maximum Gasteiger partial charge on any atom is 0.408 e. The van der Waals surface area contributed by atoms with Gasteiger partial charge in [0.25, 0.3) is 0 Å². The van der Waals surface area contributed by atoms with Crippen LogP contribution in [0.25, 0.3) is 0 Å². The van der Waals surface area contributed by atoms with Gasteiger partial charge in [0.15, 0.2) is 0 Å². The second kappa shape index (κ2) is 17.0. The van der Waals surface area contributed by atoms with Gasteiger partial charge in [-0.05, 0) is 154 Å². The van der Waals surface area contributed by atoms with Gasteiger partial charge in [0.1, 0.15) is 24.0 Å². The topological polar surface area (TPSA) is 76.7 Å². The summed E-state index contributed by atoms with van der Waals surface area (Å²) in [5.41, 5.74) is 2.27. The first-order valence-electron chi connectivity index (χ1n) is 21.7. The summed E-state index contributed by atoms with van der Waals surface area (Å²) in [5, 5.41) is 6.35. The Bertz CT molecular complexity index is 1530. The van der Waals surface area contributed by atoms with Crippen molar-refractivity contribution >= 4 is 12.0 Å². The molecule has 2 N–H and O–H groups in total. The molecule has 4 aliphatic rings. The maximum atomic E-state index is 14.1. The number of carbonyl (C=O) groups excluding carboxylic acids is 2. The quantitative estimate of drug-likeness (QED) is 0.214. The fourth-order valence-corrected chi connectivity index (χ4v) is 12.1. The molecule has 6 heteroatoms. The van der Waals surface area contributed by atoms with Gasteiger partial charge in [-0.15, -0.1) is 0 Å². The third kappa shape index (κ3) is 9.49. The number of carbonyl (C=O) groups is 2. The van der Waals surface area contributed by atoms with Crippen LogP contribution in [0.5, 0.6) is 5.75 Å². The number of rotatable bonds is 13. The van der Waals surface area contributed by atoms with Crippen molar-refractivity contribution in [2.45, 2.75) is 163 Å². The molecular formula is C48H72N2O4. The second-order valence-electron chi connectivity index (χ2n) is 20.0. The number of nitrogens with one attached hydrogen (secondary N) is 2. The highest BCUT2D eigenvalue weighted by Gasteiger charge is 2.60. The van der Waals surface area contributed by atoms with Crippen molar-refractivity contribution in [1.29, 1.82) is 0 Å². The van der Waals surface area contributed by atoms with Crippen LogP contribution in [0.3, 0.4) is 0 Å². The van der Waals surface area contributed by atoms with Crippen LogP contribution in [0.4, 0.5) is 4.79 Å². The van der Waals surface area contributed by atoms with E-state index in [1.807, 2.05) is 75.4 Å². The van der Waals surface area contributed by atoms with Crippen molar-refractivity contribution in [3.8, 4) is 5.75 Å². The zero-order valence-electron chi connectivity index (χ0n) is 34.9. The summed E-state index contributed by atoms with van der Waals surface area (Å²) in [4.78, 5) is 27.0. The molecule has 4 fully saturated rings. The molecule has 0 saturated heterocycles. The van der Waals surface area contributed by atoms with E-state index in [9.17, 15) is 9.59 Å². The van der Waals surface area contributed by atoms with Crippen molar-refractivity contribution in [3.63, 3.8) is 0 Å². The van der Waals surface area contributed by atoms with Crippen LogP contribution in [0.15, 0.2) is 54.6 Å². The lowest BCUT2D eigenvalue weighted by Crippen LogP contribution is -2.57. The molecule has 1 unspecified atom stereocenters. The van der Waals surface area contributed by atoms with E-state index in [0.29, 0.717) is 29.8 Å². The number of amides is 2. The Morgan fingerprint density at radius 2 is 1.52 bits per heavy atom. The van der Waals surface area contributed by atoms with Crippen LogP contribution < -0.4 is 15.4 Å². The Kier molecular flexibility index (Phi) is 12.8. The van der Waals surface area contributed by atoms with Crippen molar-refractivity contribution in [1.82, 2.24) is 10.6 Å². The Labute approximate surface area is 327 Å². The van der Waals surface area contributed by atoms with Crippen molar-refractivity contribution in [3.05, 3.63) is 65.7 Å². The normalized spacial score (nSPS) is 31.7. The van der Waals surface area contributed by atoms with Crippen molar-refractivity contribution < 1.29 is 19.1 Å². The van der Waals surface area contributed by atoms with Crippen LogP contribution in [0.1, 0.15) is 144 Å². The SMILES string of the molecule is CC(C)CCC[C@@H](C)[C@H]1CC[C@H]2[C@@H]3CCC4C[C@H](NC(=O)[C@H](Cc5ccc(OCc6ccccc6)cc5)NC(=O)OC(C)(C)C)CC[C@]4(C)[C@H]3CC[C@]12C. The molecule has 0 aliphatic heterocycles. The van der Waals surface area contributed by atoms with E-state index in [0.717, 1.165) is 65.2 Å². The molecule has 2 aromatic carbocycles. The van der Waals surface area contributed by atoms with E-state index >= 15 is 0 Å². The summed E-state index contributed by atoms with van der Waals surface area (Å²) in [7, 11) is 0. The minimum atomic E-state index is -0.737. The highest BCUT2D eigenvalue weighted by atomic mass is 16.6. The Hall–Kier alpha value is -3.02. The van der Waals surface area contributed by atoms with Gasteiger partial charge in [-0.2, -0.15) is 0 Å². The van der Waals surface area contributed by atoms with Gasteiger partial charge >= 0.3 is 6.09 Å². The summed E-state index contributed by atoms with van der Waals surface area (Å²) in [5.74, 6) is 6.37. The average Bonchev–Trinajstić information content (AvgIpc) is 3.48. The molecule has 0 spiro atoms. The van der Waals surface area contributed by atoms with Gasteiger partial charge in [-0.3, -0.25) is 4.79 Å². The van der Waals surface area contributed by atoms with Gasteiger partial charge in [0, 0.05) is 12.5 Å². The molecule has 0 bridgehead atoms. The number of fused-ring (bicyclic) bond motifs is 5. The number of alkyl carbamates (subject to hydrolysis) is 1. The molecule has 0 heterocycles. The maximum absolute atomic E-state index is 14.1. The summed E-state index contributed by atoms with van der Waals surface area (Å²) in [6.45, 7) is 18.6. The van der Waals surface area contributed by atoms with E-state index in [-0.39, 0.29) is 11.9 Å². The minimum absolute atomic E-state index is 0.125. The molecule has 2 aromatic rings. The molecule has 6 rings (SSSR count). The van der Waals surface area contributed by atoms with E-state index in [1.54, 1.807) is 0 Å². The smallest absolute Gasteiger partial charge is 0.408 e. The zero-order chi connectivity index (χ0) is 38.7. The third-order valence-corrected chi connectivity index (χ3v) is 14.8. The Morgan fingerprint density at radius 1 is 0.815 bits per heavy atom. The first kappa shape index (κ1) is 40.6. The predicted molar refractivity (Wildman–Crippen MR) is 219 cm³/mol. The van der Waals surface area contributed by atoms with Gasteiger partial charge in [0.05, 0.1) is 0 Å². The highest BCUT2D eigenvalue weighted by Crippen LogP contribution is 2.68. The minimum Gasteiger partial charge on any atom is -0.489 e. The molecule has 0 radical (unpaired) electrons. The average molecular weight is 741 g/mol. The summed E-state index contributed by atoms with van der Waals surface area (Å²) in [6, 6.07) is 17.3. The fraction of sp³-hybridized carbons (Fsp3) is 0.708. The van der Waals surface area contributed by atoms with Crippen molar-refractivity contribution in [2.24, 2.45) is 52.3 Å². The van der Waals surface area contributed by atoms with Gasteiger partial charge in [-0.25, -0.2) is 4.79 Å². The van der Waals surface area contributed by atoms with E-state index in [4.69, 9.17) is 9.47 Å². The number of hydrogen-bond donors (Lipinski definition) is 2. The van der Waals surface area contributed by atoms with Crippen LogP contribution in [0.2, 0.25) is 0 Å². The van der Waals surface area contributed by atoms with Crippen LogP contribution in [-0.2, 0) is 22.6 Å². The van der Waals surface area contributed by atoms with Crippen LogP contribution >= 0.6 is 0 Å². The molecule has 2 amide bonds. The van der Waals surface area contributed by atoms with Crippen LogP contribution in [0, 0.1) is 52.3 Å². The molecular weight excluding hydrogens is 669 g/mol. The van der Waals surface area contributed by atoms with Gasteiger partial charge in [0.2, 0.25) is 5.91 Å². The number of hydrogen-bond acceptors (Lipinski definition) is 4. The Morgan fingerprint density at radius 3 is 2.22 bits per heavy atom. The standard InChI is InChI=1S/C48H72N2O4/c1-32(2)13-12-14-33(3)40-23-24-41-39-22-19-36-30-37(25-27-47(36,7)42(39)26-28-48(40,41)8)49-44(51)43(50-45(52)54-46(4,5)6)29-34-17-20-38(21-18-34)53-31-35-15-10-9-11-16-35/h9-11,15-18,20-21,32-33,36-37,39-43H,12-14,19,22-31H2,1-8H3,(H,49,51)(H,50,52)/t33-,36?,37-,39+,40-,41+,42+,43+,47+,48-/m1/s1. The highest BCUT2D eigenvalue weighted by molar-refractivity contribution is 5.86. The largest absolute Gasteiger partial charge is 0.489 e. The second-order valence-corrected chi connectivity index (χ2v) is 20.0. The molecule has 10 atom stereocenters. The lowest BCUT2D eigenvalue weighted by atomic mass is 9.44. The predicted octanol–water partition coefficient (Wildman–Crippen LogP) is 11.3. The number of benzene rings is 2.